The van der Waals surface area contributed by atoms with Crippen LogP contribution in [0.5, 0.6) is 0 Å². The average molecular weight is 629 g/mol. The molecule has 4 amide bonds. The van der Waals surface area contributed by atoms with Gasteiger partial charge in [-0.2, -0.15) is 0 Å². The summed E-state index contributed by atoms with van der Waals surface area (Å²) in [6.07, 6.45) is 0.648. The molecule has 1 aliphatic heterocycles. The van der Waals surface area contributed by atoms with Gasteiger partial charge in [-0.3, -0.25) is 19.2 Å². The molecule has 0 saturated carbocycles. The van der Waals surface area contributed by atoms with Crippen molar-refractivity contribution in [3.05, 3.63) is 82.9 Å². The summed E-state index contributed by atoms with van der Waals surface area (Å²) < 4.78 is 0.407. The first kappa shape index (κ1) is 33.8. The molecule has 0 bridgehead atoms. The van der Waals surface area contributed by atoms with Crippen molar-refractivity contribution in [2.24, 2.45) is 5.73 Å². The van der Waals surface area contributed by atoms with Crippen LogP contribution >= 0.6 is 11.6 Å². The molecule has 1 saturated heterocycles. The number of primary amides is 1. The molecule has 3 atom stereocenters. The zero-order valence-electron chi connectivity index (χ0n) is 24.9. The number of benzene rings is 3. The third-order valence-corrected chi connectivity index (χ3v) is 7.80. The Morgan fingerprint density at radius 2 is 1.72 bits per heavy atom. The van der Waals surface area contributed by atoms with Crippen LogP contribution in [-0.2, 0) is 25.6 Å². The van der Waals surface area contributed by atoms with E-state index in [4.69, 9.17) is 17.3 Å². The number of carbonyl (C=O) groups is 4. The van der Waals surface area contributed by atoms with Crippen LogP contribution in [0.1, 0.15) is 30.5 Å². The fourth-order valence-corrected chi connectivity index (χ4v) is 5.78. The Balaban J connectivity index is 0.00000506. The van der Waals surface area contributed by atoms with Crippen LogP contribution in [0.25, 0.3) is 10.8 Å². The molecule has 0 spiro atoms. The summed E-state index contributed by atoms with van der Waals surface area (Å²) in [5.41, 5.74) is 7.37. The number of carbonyl (C=O) groups excluding carboxylic acids is 4. The molecule has 3 aromatic rings. The number of rotatable bonds is 9. The molecule has 43 heavy (non-hydrogen) atoms. The molecule has 4 rings (SSSR count). The second-order valence-corrected chi connectivity index (χ2v) is 12.4. The van der Waals surface area contributed by atoms with Crippen molar-refractivity contribution in [1.29, 1.82) is 0 Å². The second-order valence-electron chi connectivity index (χ2n) is 11.9. The number of nitrogens with one attached hydrogen (secondary N) is 1. The SMILES string of the molecule is C[C@@H]1CCN([C@H](Cc2cccc3ccccc23)C(N)=O)C(=O)[C@H](c2cccc(Cl)c2)N1C(=O)CNC(=O)C[N+](C)(C)C.[Cl-]. The average Bonchev–Trinajstić information content (AvgIpc) is 3.05. The fourth-order valence-electron chi connectivity index (χ4n) is 5.58. The molecular weight excluding hydrogens is 589 g/mol. The Hall–Kier alpha value is -3.66. The highest BCUT2D eigenvalue weighted by atomic mass is 35.5. The van der Waals surface area contributed by atoms with Crippen molar-refractivity contribution < 1.29 is 36.1 Å². The molecule has 0 unspecified atom stereocenters. The number of amides is 4. The van der Waals surface area contributed by atoms with Crippen LogP contribution in [0.2, 0.25) is 5.02 Å². The van der Waals surface area contributed by atoms with Gasteiger partial charge in [0, 0.05) is 24.0 Å². The summed E-state index contributed by atoms with van der Waals surface area (Å²) in [6, 6.07) is 18.1. The minimum Gasteiger partial charge on any atom is -1.00 e. The van der Waals surface area contributed by atoms with E-state index in [-0.39, 0.29) is 50.4 Å². The van der Waals surface area contributed by atoms with Gasteiger partial charge < -0.3 is 37.7 Å². The van der Waals surface area contributed by atoms with Gasteiger partial charge in [-0.05, 0) is 47.4 Å². The number of halogens is 2. The van der Waals surface area contributed by atoms with Gasteiger partial charge in [0.25, 0.3) is 11.8 Å². The Morgan fingerprint density at radius 3 is 2.40 bits per heavy atom. The quantitative estimate of drug-likeness (QED) is 0.323. The first-order chi connectivity index (χ1) is 19.9. The summed E-state index contributed by atoms with van der Waals surface area (Å²) >= 11 is 6.33. The summed E-state index contributed by atoms with van der Waals surface area (Å²) in [4.78, 5) is 56.6. The molecular formula is C32H39Cl2N5O4. The van der Waals surface area contributed by atoms with Crippen molar-refractivity contribution in [1.82, 2.24) is 15.1 Å². The number of hydrogen-bond donors (Lipinski definition) is 2. The number of fused-ring (bicyclic) bond motifs is 1. The van der Waals surface area contributed by atoms with E-state index >= 15 is 0 Å². The molecule has 230 valence electrons. The third-order valence-electron chi connectivity index (χ3n) is 7.56. The fraction of sp³-hybridized carbons (Fsp3) is 0.375. The molecule has 9 nitrogen and oxygen atoms in total. The first-order valence-electron chi connectivity index (χ1n) is 14.1. The van der Waals surface area contributed by atoms with Gasteiger partial charge in [-0.1, -0.05) is 66.2 Å². The topological polar surface area (TPSA) is 113 Å². The van der Waals surface area contributed by atoms with Gasteiger partial charge in [0.2, 0.25) is 11.8 Å². The Morgan fingerprint density at radius 1 is 1.05 bits per heavy atom. The molecule has 0 radical (unpaired) electrons. The normalized spacial score (nSPS) is 18.0. The lowest BCUT2D eigenvalue weighted by Gasteiger charge is -2.36. The predicted molar refractivity (Wildman–Crippen MR) is 163 cm³/mol. The minimum absolute atomic E-state index is 0. The van der Waals surface area contributed by atoms with Gasteiger partial charge in [0.05, 0.1) is 27.7 Å². The van der Waals surface area contributed by atoms with Gasteiger partial charge in [-0.15, -0.1) is 0 Å². The van der Waals surface area contributed by atoms with Crippen LogP contribution in [0, 0.1) is 0 Å². The Labute approximate surface area is 263 Å². The van der Waals surface area contributed by atoms with E-state index in [1.807, 2.05) is 70.5 Å². The minimum atomic E-state index is -1.06. The van der Waals surface area contributed by atoms with Crippen LogP contribution in [0.3, 0.4) is 0 Å². The molecule has 1 fully saturated rings. The van der Waals surface area contributed by atoms with Gasteiger partial charge in [0.15, 0.2) is 6.54 Å². The molecule has 0 aromatic heterocycles. The van der Waals surface area contributed by atoms with Gasteiger partial charge >= 0.3 is 0 Å². The summed E-state index contributed by atoms with van der Waals surface area (Å²) in [5.74, 6) is -1.71. The lowest BCUT2D eigenvalue weighted by molar-refractivity contribution is -0.862. The highest BCUT2D eigenvalue weighted by Crippen LogP contribution is 2.33. The standard InChI is InChI=1S/C32H38ClN5O4.ClH/c1-21-15-16-36(27(31(34)41)18-23-11-7-10-22-9-5-6-14-26(22)23)32(42)30(24-12-8-13-25(33)17-24)37(21)29(40)19-35-28(39)20-38(2,3)4;/h5-14,17,21,27,30H,15-16,18-20H2,1-4H3,(H2-,34,35,39,41);1H/t21-,27-,30+;/m1./s1. The highest BCUT2D eigenvalue weighted by molar-refractivity contribution is 6.30. The Bertz CT molecular complexity index is 1490. The number of likely N-dealkylation sites (N-methyl/N-ethyl adjacent to an activating group) is 1. The van der Waals surface area contributed by atoms with E-state index in [0.29, 0.717) is 21.5 Å². The van der Waals surface area contributed by atoms with Crippen molar-refractivity contribution in [2.75, 3.05) is 40.8 Å². The van der Waals surface area contributed by atoms with E-state index < -0.39 is 29.8 Å². The van der Waals surface area contributed by atoms with E-state index in [0.717, 1.165) is 16.3 Å². The van der Waals surface area contributed by atoms with Crippen LogP contribution < -0.4 is 23.5 Å². The maximum atomic E-state index is 14.4. The smallest absolute Gasteiger partial charge is 0.275 e. The van der Waals surface area contributed by atoms with Gasteiger partial charge in [0.1, 0.15) is 12.1 Å². The summed E-state index contributed by atoms with van der Waals surface area (Å²) in [7, 11) is 5.65. The van der Waals surface area contributed by atoms with Gasteiger partial charge in [-0.25, -0.2) is 0 Å². The number of nitrogens with zero attached hydrogens (tertiary/aromatic N) is 3. The van der Waals surface area contributed by atoms with Crippen molar-refractivity contribution in [3.8, 4) is 0 Å². The second kappa shape index (κ2) is 14.2. The maximum Gasteiger partial charge on any atom is 0.275 e. The maximum absolute atomic E-state index is 14.4. The van der Waals surface area contributed by atoms with Crippen molar-refractivity contribution in [3.63, 3.8) is 0 Å². The largest absolute Gasteiger partial charge is 1.00 e. The zero-order chi connectivity index (χ0) is 30.6. The zero-order valence-corrected chi connectivity index (χ0v) is 26.4. The van der Waals surface area contributed by atoms with Crippen molar-refractivity contribution >= 4 is 46.0 Å². The number of hydrogen-bond acceptors (Lipinski definition) is 4. The Kier molecular flexibility index (Phi) is 11.2. The molecule has 3 aromatic carbocycles. The van der Waals surface area contributed by atoms with E-state index in [9.17, 15) is 19.2 Å². The number of quaternary nitrogens is 1. The van der Waals surface area contributed by atoms with E-state index in [1.54, 1.807) is 24.3 Å². The summed E-state index contributed by atoms with van der Waals surface area (Å²) in [6.45, 7) is 2.03. The number of nitrogens with two attached hydrogens (primary N) is 1. The van der Waals surface area contributed by atoms with Crippen LogP contribution in [0.15, 0.2) is 66.7 Å². The highest BCUT2D eigenvalue weighted by Gasteiger charge is 2.43. The molecule has 0 aliphatic carbocycles. The molecule has 3 N–H and O–H groups in total. The lowest BCUT2D eigenvalue weighted by Crippen LogP contribution is -3.00. The van der Waals surface area contributed by atoms with Crippen LogP contribution in [0.4, 0.5) is 0 Å². The van der Waals surface area contributed by atoms with E-state index in [2.05, 4.69) is 5.32 Å². The van der Waals surface area contributed by atoms with E-state index in [1.165, 1.54) is 9.80 Å². The predicted octanol–water partition coefficient (Wildman–Crippen LogP) is -0.0933. The lowest BCUT2D eigenvalue weighted by atomic mass is 9.96. The van der Waals surface area contributed by atoms with Crippen molar-refractivity contribution in [2.45, 2.75) is 37.9 Å². The first-order valence-corrected chi connectivity index (χ1v) is 14.4. The monoisotopic (exact) mass is 627 g/mol. The summed E-state index contributed by atoms with van der Waals surface area (Å²) in [5, 5.41) is 5.12. The molecule has 11 heteroatoms. The molecule has 1 heterocycles. The third kappa shape index (κ3) is 8.25. The van der Waals surface area contributed by atoms with Crippen LogP contribution in [-0.4, -0.2) is 90.8 Å². The molecule has 1 aliphatic rings.